The molecular weight excluding hydrogens is 479 g/mol. The van der Waals surface area contributed by atoms with E-state index in [0.717, 1.165) is 70.5 Å². The minimum atomic E-state index is 0. The molecule has 0 aliphatic carbocycles. The second-order valence-corrected chi connectivity index (χ2v) is 7.08. The summed E-state index contributed by atoms with van der Waals surface area (Å²) < 4.78 is 10.8. The first-order chi connectivity index (χ1) is 13.8. The number of benzene rings is 1. The summed E-state index contributed by atoms with van der Waals surface area (Å²) in [6.07, 6.45) is 3.64. The van der Waals surface area contributed by atoms with E-state index in [9.17, 15) is 0 Å². The Hall–Kier alpha value is -1.58. The van der Waals surface area contributed by atoms with Crippen molar-refractivity contribution in [2.75, 3.05) is 45.9 Å². The number of halogens is 1. The number of ether oxygens (including phenoxy) is 1. The van der Waals surface area contributed by atoms with E-state index in [4.69, 9.17) is 14.1 Å². The van der Waals surface area contributed by atoms with E-state index in [-0.39, 0.29) is 24.0 Å². The molecule has 1 aromatic carbocycles. The molecule has 0 atom stereocenters. The fourth-order valence-corrected chi connectivity index (χ4v) is 3.22. The summed E-state index contributed by atoms with van der Waals surface area (Å²) in [6, 6.07) is 12.3. The van der Waals surface area contributed by atoms with Gasteiger partial charge in [-0.05, 0) is 43.1 Å². The van der Waals surface area contributed by atoms with Crippen LogP contribution < -0.4 is 10.6 Å². The molecule has 1 aromatic heterocycles. The zero-order valence-electron chi connectivity index (χ0n) is 17.2. The van der Waals surface area contributed by atoms with E-state index >= 15 is 0 Å². The van der Waals surface area contributed by atoms with Crippen LogP contribution in [0.25, 0.3) is 0 Å². The molecule has 1 saturated heterocycles. The van der Waals surface area contributed by atoms with Crippen LogP contribution >= 0.6 is 24.0 Å². The number of nitrogens with one attached hydrogen (secondary N) is 2. The van der Waals surface area contributed by atoms with E-state index in [1.165, 1.54) is 11.1 Å². The van der Waals surface area contributed by atoms with E-state index in [1.54, 1.807) is 6.26 Å². The Morgan fingerprint density at radius 3 is 2.62 bits per heavy atom. The number of aryl methyl sites for hydroxylation is 1. The maximum absolute atomic E-state index is 5.41. The Balaban J connectivity index is 0.00000300. The Kier molecular flexibility index (Phi) is 11.1. The molecule has 0 amide bonds. The highest BCUT2D eigenvalue weighted by molar-refractivity contribution is 14.0. The molecule has 1 aliphatic rings. The van der Waals surface area contributed by atoms with Gasteiger partial charge in [0.05, 0.1) is 26.0 Å². The Morgan fingerprint density at radius 2 is 1.86 bits per heavy atom. The van der Waals surface area contributed by atoms with Gasteiger partial charge in [0.1, 0.15) is 5.76 Å². The first-order valence-corrected chi connectivity index (χ1v) is 10.2. The molecule has 7 heteroatoms. The van der Waals surface area contributed by atoms with Crippen molar-refractivity contribution >= 4 is 29.9 Å². The number of hydrogen-bond acceptors (Lipinski definition) is 4. The maximum atomic E-state index is 5.41. The molecule has 160 valence electrons. The Bertz CT molecular complexity index is 715. The molecule has 1 fully saturated rings. The summed E-state index contributed by atoms with van der Waals surface area (Å²) in [5, 5.41) is 6.91. The summed E-state index contributed by atoms with van der Waals surface area (Å²) in [5.74, 6) is 1.84. The van der Waals surface area contributed by atoms with E-state index in [0.29, 0.717) is 6.54 Å². The lowest BCUT2D eigenvalue weighted by Gasteiger charge is -2.26. The fourth-order valence-electron chi connectivity index (χ4n) is 3.22. The van der Waals surface area contributed by atoms with E-state index < -0.39 is 0 Å². The molecule has 0 radical (unpaired) electrons. The van der Waals surface area contributed by atoms with Gasteiger partial charge in [-0.25, -0.2) is 4.99 Å². The highest BCUT2D eigenvalue weighted by Crippen LogP contribution is 2.08. The smallest absolute Gasteiger partial charge is 0.191 e. The van der Waals surface area contributed by atoms with Crippen molar-refractivity contribution in [2.24, 2.45) is 4.99 Å². The predicted octanol–water partition coefficient (Wildman–Crippen LogP) is 3.21. The molecule has 3 rings (SSSR count). The SMILES string of the molecule is Cc1ccccc1CN=C(NCCCN1CCOCC1)NCCc1ccco1.I. The molecule has 0 unspecified atom stereocenters. The van der Waals surface area contributed by atoms with Crippen molar-refractivity contribution in [1.29, 1.82) is 0 Å². The predicted molar refractivity (Wildman–Crippen MR) is 128 cm³/mol. The fraction of sp³-hybridized carbons (Fsp3) is 0.500. The normalized spacial score (nSPS) is 15.0. The van der Waals surface area contributed by atoms with Crippen molar-refractivity contribution < 1.29 is 9.15 Å². The van der Waals surface area contributed by atoms with Gasteiger partial charge in [0.15, 0.2) is 5.96 Å². The third kappa shape index (κ3) is 8.76. The molecule has 0 spiro atoms. The van der Waals surface area contributed by atoms with Gasteiger partial charge in [-0.1, -0.05) is 24.3 Å². The van der Waals surface area contributed by atoms with Crippen molar-refractivity contribution in [3.8, 4) is 0 Å². The average molecular weight is 512 g/mol. The minimum absolute atomic E-state index is 0. The number of hydrogen-bond donors (Lipinski definition) is 2. The zero-order valence-corrected chi connectivity index (χ0v) is 19.6. The lowest BCUT2D eigenvalue weighted by atomic mass is 10.1. The largest absolute Gasteiger partial charge is 0.469 e. The topological polar surface area (TPSA) is 62.0 Å². The van der Waals surface area contributed by atoms with E-state index in [2.05, 4.69) is 46.7 Å². The molecular formula is C22H33IN4O2. The van der Waals surface area contributed by atoms with Crippen LogP contribution in [-0.4, -0.2) is 56.8 Å². The molecule has 6 nitrogen and oxygen atoms in total. The van der Waals surface area contributed by atoms with Gasteiger partial charge in [0.2, 0.25) is 0 Å². The van der Waals surface area contributed by atoms with Gasteiger partial charge in [-0.2, -0.15) is 0 Å². The highest BCUT2D eigenvalue weighted by Gasteiger charge is 2.09. The summed E-state index contributed by atoms with van der Waals surface area (Å²) >= 11 is 0. The molecule has 2 N–H and O–H groups in total. The van der Waals surface area contributed by atoms with Crippen molar-refractivity contribution in [1.82, 2.24) is 15.5 Å². The molecule has 2 aromatic rings. The molecule has 2 heterocycles. The van der Waals surface area contributed by atoms with Crippen molar-refractivity contribution in [3.05, 3.63) is 59.5 Å². The lowest BCUT2D eigenvalue weighted by Crippen LogP contribution is -2.41. The highest BCUT2D eigenvalue weighted by atomic mass is 127. The summed E-state index contributed by atoms with van der Waals surface area (Å²) in [4.78, 5) is 7.25. The summed E-state index contributed by atoms with van der Waals surface area (Å²) in [5.41, 5.74) is 2.52. The second kappa shape index (κ2) is 13.6. The third-order valence-corrected chi connectivity index (χ3v) is 4.96. The number of guanidine groups is 1. The molecule has 29 heavy (non-hydrogen) atoms. The molecule has 0 saturated carbocycles. The average Bonchev–Trinajstić information content (AvgIpc) is 3.24. The number of aliphatic imine (C=N–C) groups is 1. The van der Waals surface area contributed by atoms with Gasteiger partial charge >= 0.3 is 0 Å². The standard InChI is InChI=1S/C22H32N4O2.HI/c1-19-6-2-3-7-20(19)18-25-22(24-11-9-21-8-4-15-28-21)23-10-5-12-26-13-16-27-17-14-26;/h2-4,6-8,15H,5,9-14,16-18H2,1H3,(H2,23,24,25);1H. The van der Waals surface area contributed by atoms with Crippen molar-refractivity contribution in [2.45, 2.75) is 26.3 Å². The second-order valence-electron chi connectivity index (χ2n) is 7.08. The first-order valence-electron chi connectivity index (χ1n) is 10.2. The molecule has 1 aliphatic heterocycles. The van der Waals surface area contributed by atoms with Crippen LogP contribution in [0.3, 0.4) is 0 Å². The van der Waals surface area contributed by atoms with Crippen LogP contribution in [-0.2, 0) is 17.7 Å². The lowest BCUT2D eigenvalue weighted by molar-refractivity contribution is 0.0376. The van der Waals surface area contributed by atoms with Crippen LogP contribution in [0.2, 0.25) is 0 Å². The van der Waals surface area contributed by atoms with Gasteiger partial charge in [0.25, 0.3) is 0 Å². The number of nitrogens with zero attached hydrogens (tertiary/aromatic N) is 2. The minimum Gasteiger partial charge on any atom is -0.469 e. The number of morpholine rings is 1. The first kappa shape index (κ1) is 23.7. The summed E-state index contributed by atoms with van der Waals surface area (Å²) in [7, 11) is 0. The van der Waals surface area contributed by atoms with Gasteiger partial charge in [-0.15, -0.1) is 24.0 Å². The van der Waals surface area contributed by atoms with Gasteiger partial charge in [-0.3, -0.25) is 4.90 Å². The molecule has 0 bridgehead atoms. The van der Waals surface area contributed by atoms with Crippen molar-refractivity contribution in [3.63, 3.8) is 0 Å². The van der Waals surface area contributed by atoms with Crippen LogP contribution in [0.1, 0.15) is 23.3 Å². The van der Waals surface area contributed by atoms with Crippen LogP contribution in [0.5, 0.6) is 0 Å². The monoisotopic (exact) mass is 512 g/mol. The van der Waals surface area contributed by atoms with E-state index in [1.807, 2.05) is 12.1 Å². The zero-order chi connectivity index (χ0) is 19.4. The summed E-state index contributed by atoms with van der Waals surface area (Å²) in [6.45, 7) is 9.36. The number of rotatable bonds is 9. The third-order valence-electron chi connectivity index (χ3n) is 4.96. The maximum Gasteiger partial charge on any atom is 0.191 e. The van der Waals surface area contributed by atoms with Crippen LogP contribution in [0, 0.1) is 6.92 Å². The Labute approximate surface area is 191 Å². The van der Waals surface area contributed by atoms with Crippen LogP contribution in [0.4, 0.5) is 0 Å². The van der Waals surface area contributed by atoms with Gasteiger partial charge < -0.3 is 19.8 Å². The number of furan rings is 1. The van der Waals surface area contributed by atoms with Crippen LogP contribution in [0.15, 0.2) is 52.1 Å². The van der Waals surface area contributed by atoms with Gasteiger partial charge in [0, 0.05) is 32.6 Å². The Morgan fingerprint density at radius 1 is 1.07 bits per heavy atom. The quantitative estimate of drug-likeness (QED) is 0.234.